The molecule has 7 nitrogen and oxygen atoms in total. The van der Waals surface area contributed by atoms with Crippen molar-refractivity contribution < 1.29 is 9.13 Å². The molecule has 0 N–H and O–H groups in total. The average molecular weight is 437 g/mol. The van der Waals surface area contributed by atoms with Gasteiger partial charge in [0.2, 0.25) is 0 Å². The molecular formula is C24H29FN6O. The maximum absolute atomic E-state index is 14.3. The van der Waals surface area contributed by atoms with E-state index in [1.807, 2.05) is 16.8 Å². The van der Waals surface area contributed by atoms with Crippen molar-refractivity contribution in [1.29, 1.82) is 0 Å². The third-order valence-electron chi connectivity index (χ3n) is 6.47. The van der Waals surface area contributed by atoms with Gasteiger partial charge in [-0.2, -0.15) is 0 Å². The van der Waals surface area contributed by atoms with Crippen molar-refractivity contribution in [2.75, 3.05) is 37.7 Å². The third-order valence-corrected chi connectivity index (χ3v) is 6.47. The molecule has 2 atom stereocenters. The smallest absolute Gasteiger partial charge is 0.173 e. The fourth-order valence-electron chi connectivity index (χ4n) is 4.72. The second-order valence-corrected chi connectivity index (χ2v) is 8.64. The molecule has 32 heavy (non-hydrogen) atoms. The molecule has 5 rings (SSSR count). The number of aryl methyl sites for hydroxylation is 1. The second-order valence-electron chi connectivity index (χ2n) is 8.64. The summed E-state index contributed by atoms with van der Waals surface area (Å²) >= 11 is 0. The van der Waals surface area contributed by atoms with E-state index in [0.717, 1.165) is 51.5 Å². The van der Waals surface area contributed by atoms with Crippen LogP contribution in [0.2, 0.25) is 0 Å². The molecule has 2 saturated heterocycles. The van der Waals surface area contributed by atoms with Crippen molar-refractivity contribution in [3.8, 4) is 0 Å². The number of hydrogen-bond acceptors (Lipinski definition) is 6. The number of ether oxygens (including phenoxy) is 1. The molecule has 0 radical (unpaired) electrons. The normalized spacial score (nSPS) is 20.6. The zero-order valence-corrected chi connectivity index (χ0v) is 18.4. The van der Waals surface area contributed by atoms with Crippen molar-refractivity contribution in [2.24, 2.45) is 0 Å². The lowest BCUT2D eigenvalue weighted by atomic mass is 10.0. The molecule has 0 spiro atoms. The summed E-state index contributed by atoms with van der Waals surface area (Å²) in [5.41, 5.74) is 3.05. The number of rotatable bonds is 6. The number of piperazine rings is 1. The molecule has 2 aliphatic heterocycles. The Labute approximate surface area is 187 Å². The van der Waals surface area contributed by atoms with Crippen molar-refractivity contribution >= 4 is 5.69 Å². The predicted octanol–water partition coefficient (Wildman–Crippen LogP) is 3.21. The van der Waals surface area contributed by atoms with Gasteiger partial charge >= 0.3 is 0 Å². The Morgan fingerprint density at radius 3 is 2.56 bits per heavy atom. The van der Waals surface area contributed by atoms with Gasteiger partial charge in [-0.05, 0) is 47.9 Å². The summed E-state index contributed by atoms with van der Waals surface area (Å²) < 4.78 is 22.0. The molecule has 0 aliphatic carbocycles. The van der Waals surface area contributed by atoms with Gasteiger partial charge in [0, 0.05) is 32.8 Å². The maximum Gasteiger partial charge on any atom is 0.173 e. The van der Waals surface area contributed by atoms with Gasteiger partial charge in [0.05, 0.1) is 24.4 Å². The van der Waals surface area contributed by atoms with Crippen LogP contribution < -0.4 is 4.90 Å². The minimum absolute atomic E-state index is 0.0604. The summed E-state index contributed by atoms with van der Waals surface area (Å²) in [6.45, 7) is 6.64. The number of aromatic nitrogens is 4. The molecule has 8 heteroatoms. The zero-order valence-electron chi connectivity index (χ0n) is 18.4. The highest BCUT2D eigenvalue weighted by atomic mass is 19.1. The van der Waals surface area contributed by atoms with Crippen LogP contribution >= 0.6 is 0 Å². The SMILES string of the molecule is Cc1ccc([C@@H](c2nnnn2C[C@@H]2CCCO2)N2CCN(c3ccccc3F)CC2)cc1. The maximum atomic E-state index is 14.3. The Hall–Kier alpha value is -2.84. The van der Waals surface area contributed by atoms with E-state index in [2.05, 4.69) is 56.5 Å². The highest BCUT2D eigenvalue weighted by Crippen LogP contribution is 2.30. The van der Waals surface area contributed by atoms with E-state index in [-0.39, 0.29) is 18.0 Å². The van der Waals surface area contributed by atoms with E-state index in [4.69, 9.17) is 4.74 Å². The van der Waals surface area contributed by atoms with Crippen molar-refractivity contribution in [2.45, 2.75) is 38.5 Å². The van der Waals surface area contributed by atoms with E-state index in [1.54, 1.807) is 6.07 Å². The Morgan fingerprint density at radius 1 is 1.06 bits per heavy atom. The molecule has 0 unspecified atom stereocenters. The van der Waals surface area contributed by atoms with Crippen LogP contribution in [0.3, 0.4) is 0 Å². The number of anilines is 1. The molecule has 168 valence electrons. The summed E-state index contributed by atoms with van der Waals surface area (Å²) in [5, 5.41) is 12.8. The zero-order chi connectivity index (χ0) is 21.9. The van der Waals surface area contributed by atoms with E-state index in [9.17, 15) is 4.39 Å². The van der Waals surface area contributed by atoms with Crippen LogP contribution in [0.1, 0.15) is 35.8 Å². The van der Waals surface area contributed by atoms with E-state index in [1.165, 1.54) is 17.2 Å². The van der Waals surface area contributed by atoms with Gasteiger partial charge < -0.3 is 9.64 Å². The molecule has 0 saturated carbocycles. The first-order valence-electron chi connectivity index (χ1n) is 11.4. The lowest BCUT2D eigenvalue weighted by molar-refractivity contribution is 0.0906. The van der Waals surface area contributed by atoms with Crippen LogP contribution in [-0.2, 0) is 11.3 Å². The molecule has 0 amide bonds. The number of benzene rings is 2. The van der Waals surface area contributed by atoms with E-state index in [0.29, 0.717) is 12.2 Å². The summed E-state index contributed by atoms with van der Waals surface area (Å²) in [7, 11) is 0. The Bertz CT molecular complexity index is 1020. The van der Waals surface area contributed by atoms with Crippen molar-refractivity contribution in [3.05, 3.63) is 71.3 Å². The molecule has 0 bridgehead atoms. The van der Waals surface area contributed by atoms with E-state index < -0.39 is 0 Å². The Morgan fingerprint density at radius 2 is 1.84 bits per heavy atom. The standard InChI is InChI=1S/C24H29FN6O/c1-18-8-10-19(11-9-18)23(24-26-27-28-31(24)17-20-5-4-16-32-20)30-14-12-29(13-15-30)22-7-3-2-6-21(22)25/h2-3,6-11,20,23H,4-5,12-17H2,1H3/t20-,23-/m0/s1. The van der Waals surface area contributed by atoms with Crippen LogP contribution in [-0.4, -0.2) is 64.0 Å². The van der Waals surface area contributed by atoms with E-state index >= 15 is 0 Å². The topological polar surface area (TPSA) is 59.3 Å². The Balaban J connectivity index is 1.40. The molecule has 1 aromatic heterocycles. The van der Waals surface area contributed by atoms with Crippen molar-refractivity contribution in [1.82, 2.24) is 25.1 Å². The minimum atomic E-state index is -0.170. The summed E-state index contributed by atoms with van der Waals surface area (Å²) in [6.07, 6.45) is 2.28. The van der Waals surface area contributed by atoms with Crippen LogP contribution in [0.15, 0.2) is 48.5 Å². The second kappa shape index (κ2) is 9.34. The van der Waals surface area contributed by atoms with Gasteiger partial charge in [-0.3, -0.25) is 4.90 Å². The number of nitrogens with zero attached hydrogens (tertiary/aromatic N) is 6. The van der Waals surface area contributed by atoms with Crippen LogP contribution in [0.25, 0.3) is 0 Å². The first-order valence-corrected chi connectivity index (χ1v) is 11.4. The lowest BCUT2D eigenvalue weighted by Crippen LogP contribution is -2.48. The molecule has 2 aromatic carbocycles. The van der Waals surface area contributed by atoms with Gasteiger partial charge in [0.25, 0.3) is 0 Å². The summed E-state index contributed by atoms with van der Waals surface area (Å²) in [5.74, 6) is 0.667. The largest absolute Gasteiger partial charge is 0.376 e. The van der Waals surface area contributed by atoms with Gasteiger partial charge in [-0.15, -0.1) is 5.10 Å². The first kappa shape index (κ1) is 21.0. The number of hydrogen-bond donors (Lipinski definition) is 0. The fraction of sp³-hybridized carbons (Fsp3) is 0.458. The number of halogens is 1. The van der Waals surface area contributed by atoms with Crippen LogP contribution in [0.5, 0.6) is 0 Å². The first-order chi connectivity index (χ1) is 15.7. The quantitative estimate of drug-likeness (QED) is 0.592. The molecule has 2 aliphatic rings. The minimum Gasteiger partial charge on any atom is -0.376 e. The van der Waals surface area contributed by atoms with Gasteiger partial charge in [-0.25, -0.2) is 9.07 Å². The Kier molecular flexibility index (Phi) is 6.14. The third kappa shape index (κ3) is 4.38. The monoisotopic (exact) mass is 436 g/mol. The number of tetrazole rings is 1. The van der Waals surface area contributed by atoms with Crippen LogP contribution in [0.4, 0.5) is 10.1 Å². The van der Waals surface area contributed by atoms with Gasteiger partial charge in [0.15, 0.2) is 5.82 Å². The molecule has 3 aromatic rings. The highest BCUT2D eigenvalue weighted by Gasteiger charge is 2.32. The fourth-order valence-corrected chi connectivity index (χ4v) is 4.72. The van der Waals surface area contributed by atoms with Gasteiger partial charge in [0.1, 0.15) is 5.82 Å². The van der Waals surface area contributed by atoms with Crippen molar-refractivity contribution in [3.63, 3.8) is 0 Å². The molecule has 2 fully saturated rings. The molecular weight excluding hydrogens is 407 g/mol. The highest BCUT2D eigenvalue weighted by molar-refractivity contribution is 5.48. The number of para-hydroxylation sites is 1. The lowest BCUT2D eigenvalue weighted by Gasteiger charge is -2.40. The summed E-state index contributed by atoms with van der Waals surface area (Å²) in [4.78, 5) is 4.52. The molecule has 3 heterocycles. The summed E-state index contributed by atoms with van der Waals surface area (Å²) in [6, 6.07) is 15.5. The predicted molar refractivity (Wildman–Crippen MR) is 120 cm³/mol. The van der Waals surface area contributed by atoms with Crippen LogP contribution in [0, 0.1) is 12.7 Å². The average Bonchev–Trinajstić information content (AvgIpc) is 3.49. The van der Waals surface area contributed by atoms with Gasteiger partial charge in [-0.1, -0.05) is 42.0 Å².